The van der Waals surface area contributed by atoms with Gasteiger partial charge in [0.15, 0.2) is 8.32 Å². The number of rotatable bonds is 3. The second kappa shape index (κ2) is 4.56. The molecule has 0 aliphatic rings. The van der Waals surface area contributed by atoms with Crippen molar-refractivity contribution in [2.24, 2.45) is 0 Å². The van der Waals surface area contributed by atoms with Gasteiger partial charge in [-0.15, -0.1) is 0 Å². The maximum absolute atomic E-state index is 6.21. The third-order valence-corrected chi connectivity index (χ3v) is 8.40. The molecule has 0 atom stereocenters. The van der Waals surface area contributed by atoms with Gasteiger partial charge in [0.05, 0.1) is 12.9 Å². The van der Waals surface area contributed by atoms with Gasteiger partial charge in [-0.2, -0.15) is 0 Å². The summed E-state index contributed by atoms with van der Waals surface area (Å²) in [5.74, 6) is 0. The molecule has 0 saturated carbocycles. The molecule has 0 aliphatic heterocycles. The summed E-state index contributed by atoms with van der Waals surface area (Å²) in [5.41, 5.74) is 2.15. The number of hydrogen-bond donors (Lipinski definition) is 0. The average molecular weight is 262 g/mol. The van der Waals surface area contributed by atoms with E-state index in [0.717, 1.165) is 11.0 Å². The fourth-order valence-corrected chi connectivity index (χ4v) is 2.55. The lowest BCUT2D eigenvalue weighted by Gasteiger charge is -2.36. The first-order valence-corrected chi connectivity index (χ1v) is 9.30. The predicted octanol–water partition coefficient (Wildman–Crippen LogP) is 4.95. The highest BCUT2D eigenvalue weighted by atomic mass is 28.4. The summed E-state index contributed by atoms with van der Waals surface area (Å²) in [6.07, 6.45) is 1.73. The molecule has 0 saturated heterocycles. The van der Waals surface area contributed by atoms with Gasteiger partial charge in [-0.05, 0) is 41.9 Å². The van der Waals surface area contributed by atoms with E-state index < -0.39 is 8.32 Å². The van der Waals surface area contributed by atoms with Crippen LogP contribution in [-0.4, -0.2) is 8.32 Å². The highest BCUT2D eigenvalue weighted by Crippen LogP contribution is 2.37. The van der Waals surface area contributed by atoms with E-state index in [1.807, 2.05) is 12.1 Å². The molecule has 0 aliphatic carbocycles. The summed E-state index contributed by atoms with van der Waals surface area (Å²) in [6.45, 7) is 12.0. The van der Waals surface area contributed by atoms with Gasteiger partial charge < -0.3 is 8.84 Å². The standard InChI is InChI=1S/C15H22O2Si/c1-15(2,3)18(4,5)17-11-12-6-7-14-13(10-12)8-9-16-14/h6-10H,11H2,1-5H3. The van der Waals surface area contributed by atoms with E-state index in [-0.39, 0.29) is 5.04 Å². The first-order chi connectivity index (χ1) is 8.29. The highest BCUT2D eigenvalue weighted by Gasteiger charge is 2.36. The van der Waals surface area contributed by atoms with Crippen LogP contribution in [0.1, 0.15) is 26.3 Å². The zero-order valence-corrected chi connectivity index (χ0v) is 12.9. The Kier molecular flexibility index (Phi) is 3.38. The lowest BCUT2D eigenvalue weighted by Crippen LogP contribution is -2.40. The molecule has 0 unspecified atom stereocenters. The van der Waals surface area contributed by atoms with Gasteiger partial charge in [0.2, 0.25) is 0 Å². The van der Waals surface area contributed by atoms with Gasteiger partial charge >= 0.3 is 0 Å². The van der Waals surface area contributed by atoms with Crippen LogP contribution in [0.3, 0.4) is 0 Å². The maximum atomic E-state index is 6.21. The van der Waals surface area contributed by atoms with Gasteiger partial charge in [-0.1, -0.05) is 26.8 Å². The van der Waals surface area contributed by atoms with E-state index >= 15 is 0 Å². The largest absolute Gasteiger partial charge is 0.464 e. The summed E-state index contributed by atoms with van der Waals surface area (Å²) >= 11 is 0. The van der Waals surface area contributed by atoms with E-state index in [0.29, 0.717) is 6.61 Å². The molecule has 98 valence electrons. The van der Waals surface area contributed by atoms with Gasteiger partial charge in [0.1, 0.15) is 5.58 Å². The first kappa shape index (κ1) is 13.4. The molecule has 0 N–H and O–H groups in total. The third kappa shape index (κ3) is 2.67. The SMILES string of the molecule is CC(C)(C)[Si](C)(C)OCc1ccc2occc2c1. The second-order valence-corrected chi connectivity index (χ2v) is 11.2. The normalized spacial score (nSPS) is 13.2. The Morgan fingerprint density at radius 1 is 1.17 bits per heavy atom. The molecule has 2 rings (SSSR count). The molecule has 1 heterocycles. The van der Waals surface area contributed by atoms with Crippen molar-refractivity contribution in [2.75, 3.05) is 0 Å². The molecule has 18 heavy (non-hydrogen) atoms. The molecule has 0 spiro atoms. The van der Waals surface area contributed by atoms with Crippen LogP contribution in [0.2, 0.25) is 18.1 Å². The van der Waals surface area contributed by atoms with E-state index in [4.69, 9.17) is 8.84 Å². The average Bonchev–Trinajstić information content (AvgIpc) is 2.71. The highest BCUT2D eigenvalue weighted by molar-refractivity contribution is 6.74. The fourth-order valence-electron chi connectivity index (χ4n) is 1.59. The summed E-state index contributed by atoms with van der Waals surface area (Å²) in [4.78, 5) is 0. The smallest absolute Gasteiger partial charge is 0.192 e. The van der Waals surface area contributed by atoms with Crippen LogP contribution >= 0.6 is 0 Å². The molecule has 2 aromatic rings. The van der Waals surface area contributed by atoms with Crippen LogP contribution in [0.4, 0.5) is 0 Å². The molecule has 0 fully saturated rings. The topological polar surface area (TPSA) is 22.4 Å². The lowest BCUT2D eigenvalue weighted by atomic mass is 10.2. The van der Waals surface area contributed by atoms with Crippen molar-refractivity contribution in [2.45, 2.75) is 45.5 Å². The predicted molar refractivity (Wildman–Crippen MR) is 78.2 cm³/mol. The minimum atomic E-state index is -1.66. The van der Waals surface area contributed by atoms with E-state index in [2.05, 4.69) is 46.0 Å². The van der Waals surface area contributed by atoms with Crippen LogP contribution in [0.5, 0.6) is 0 Å². The van der Waals surface area contributed by atoms with Crippen LogP contribution in [0.25, 0.3) is 11.0 Å². The molecule has 2 nitrogen and oxygen atoms in total. The van der Waals surface area contributed by atoms with Crippen LogP contribution < -0.4 is 0 Å². The van der Waals surface area contributed by atoms with Crippen molar-refractivity contribution in [1.29, 1.82) is 0 Å². The second-order valence-electron chi connectivity index (χ2n) is 6.34. The summed E-state index contributed by atoms with van der Waals surface area (Å²) < 4.78 is 11.6. The maximum Gasteiger partial charge on any atom is 0.192 e. The molecular weight excluding hydrogens is 240 g/mol. The molecule has 0 bridgehead atoms. The van der Waals surface area contributed by atoms with Crippen molar-refractivity contribution in [3.05, 3.63) is 36.1 Å². The van der Waals surface area contributed by atoms with E-state index in [1.54, 1.807) is 6.26 Å². The summed E-state index contributed by atoms with van der Waals surface area (Å²) in [5, 5.41) is 1.40. The Morgan fingerprint density at radius 2 is 1.89 bits per heavy atom. The minimum Gasteiger partial charge on any atom is -0.464 e. The quantitative estimate of drug-likeness (QED) is 0.730. The molecule has 0 amide bonds. The third-order valence-electron chi connectivity index (χ3n) is 3.92. The van der Waals surface area contributed by atoms with Crippen LogP contribution in [0, 0.1) is 0 Å². The molecule has 3 heteroatoms. The Balaban J connectivity index is 2.10. The number of hydrogen-bond acceptors (Lipinski definition) is 2. The fraction of sp³-hybridized carbons (Fsp3) is 0.467. The van der Waals surface area contributed by atoms with Gasteiger partial charge in [-0.3, -0.25) is 0 Å². The Morgan fingerprint density at radius 3 is 2.56 bits per heavy atom. The van der Waals surface area contributed by atoms with Crippen molar-refractivity contribution in [3.8, 4) is 0 Å². The Labute approximate surface area is 110 Å². The monoisotopic (exact) mass is 262 g/mol. The van der Waals surface area contributed by atoms with Crippen molar-refractivity contribution < 1.29 is 8.84 Å². The Bertz CT molecular complexity index is 535. The van der Waals surface area contributed by atoms with E-state index in [9.17, 15) is 0 Å². The number of fused-ring (bicyclic) bond motifs is 1. The molecule has 0 radical (unpaired) electrons. The zero-order valence-electron chi connectivity index (χ0n) is 11.9. The van der Waals surface area contributed by atoms with Gasteiger partial charge in [-0.25, -0.2) is 0 Å². The van der Waals surface area contributed by atoms with Crippen molar-refractivity contribution >= 4 is 19.3 Å². The van der Waals surface area contributed by atoms with Crippen molar-refractivity contribution in [1.82, 2.24) is 0 Å². The zero-order chi connectivity index (χ0) is 13.4. The number of benzene rings is 1. The van der Waals surface area contributed by atoms with Gasteiger partial charge in [0.25, 0.3) is 0 Å². The van der Waals surface area contributed by atoms with Gasteiger partial charge in [0, 0.05) is 5.39 Å². The summed E-state index contributed by atoms with van der Waals surface area (Å²) in [7, 11) is -1.66. The minimum absolute atomic E-state index is 0.257. The summed E-state index contributed by atoms with van der Waals surface area (Å²) in [6, 6.07) is 8.23. The Hall–Kier alpha value is -1.06. The first-order valence-electron chi connectivity index (χ1n) is 6.40. The van der Waals surface area contributed by atoms with E-state index in [1.165, 1.54) is 5.56 Å². The number of furan rings is 1. The van der Waals surface area contributed by atoms with Crippen LogP contribution in [0.15, 0.2) is 34.9 Å². The molecular formula is C15H22O2Si. The van der Waals surface area contributed by atoms with Crippen LogP contribution in [-0.2, 0) is 11.0 Å². The molecule has 1 aromatic carbocycles. The van der Waals surface area contributed by atoms with Crippen molar-refractivity contribution in [3.63, 3.8) is 0 Å². The lowest BCUT2D eigenvalue weighted by molar-refractivity contribution is 0.276. The molecule has 1 aromatic heterocycles.